The van der Waals surface area contributed by atoms with Crippen molar-refractivity contribution < 1.29 is 14.3 Å². The predicted molar refractivity (Wildman–Crippen MR) is 75.3 cm³/mol. The Morgan fingerprint density at radius 3 is 2.89 bits per heavy atom. The highest BCUT2D eigenvalue weighted by molar-refractivity contribution is 7.99. The third kappa shape index (κ3) is 4.49. The van der Waals surface area contributed by atoms with Crippen molar-refractivity contribution in [3.05, 3.63) is 23.8 Å². The van der Waals surface area contributed by atoms with Crippen LogP contribution in [-0.2, 0) is 4.74 Å². The summed E-state index contributed by atoms with van der Waals surface area (Å²) < 4.78 is 10.3. The second-order valence-electron chi connectivity index (χ2n) is 3.65. The lowest BCUT2D eigenvalue weighted by Crippen LogP contribution is -2.09. The van der Waals surface area contributed by atoms with E-state index in [2.05, 4.69) is 6.92 Å². The van der Waals surface area contributed by atoms with E-state index in [9.17, 15) is 4.79 Å². The lowest BCUT2D eigenvalue weighted by atomic mass is 10.2. The van der Waals surface area contributed by atoms with Crippen LogP contribution in [-0.4, -0.2) is 31.2 Å². The minimum atomic E-state index is -0.388. The average molecular weight is 269 g/mol. The van der Waals surface area contributed by atoms with Crippen molar-refractivity contribution >= 4 is 23.4 Å². The molecule has 0 aromatic heterocycles. The number of hydrogen-bond acceptors (Lipinski definition) is 5. The topological polar surface area (TPSA) is 61.5 Å². The molecule has 0 saturated heterocycles. The van der Waals surface area contributed by atoms with E-state index in [4.69, 9.17) is 15.2 Å². The number of esters is 1. The molecule has 1 aromatic rings. The molecule has 5 heteroatoms. The highest BCUT2D eigenvalue weighted by Crippen LogP contribution is 2.21. The van der Waals surface area contributed by atoms with Gasteiger partial charge < -0.3 is 15.2 Å². The average Bonchev–Trinajstić information content (AvgIpc) is 2.38. The van der Waals surface area contributed by atoms with Gasteiger partial charge in [0, 0.05) is 5.69 Å². The van der Waals surface area contributed by atoms with Gasteiger partial charge in [-0.2, -0.15) is 11.8 Å². The van der Waals surface area contributed by atoms with Gasteiger partial charge in [0.05, 0.1) is 13.7 Å². The van der Waals surface area contributed by atoms with E-state index in [-0.39, 0.29) is 5.97 Å². The van der Waals surface area contributed by atoms with Gasteiger partial charge in [-0.1, -0.05) is 6.92 Å². The number of carbonyl (C=O) groups excluding carboxylic acids is 1. The standard InChI is InChI=1S/C13H19NO3S/c1-3-18-8-4-7-17-13(15)11-9-10(14)5-6-12(11)16-2/h5-6,9H,3-4,7-8,14H2,1-2H3. The van der Waals surface area contributed by atoms with Crippen molar-refractivity contribution in [1.82, 2.24) is 0 Å². The molecule has 0 aliphatic heterocycles. The van der Waals surface area contributed by atoms with Crippen molar-refractivity contribution in [2.45, 2.75) is 13.3 Å². The van der Waals surface area contributed by atoms with Crippen molar-refractivity contribution in [2.24, 2.45) is 0 Å². The normalized spacial score (nSPS) is 10.1. The summed E-state index contributed by atoms with van der Waals surface area (Å²) in [5, 5.41) is 0. The fourth-order valence-corrected chi connectivity index (χ4v) is 2.04. The second kappa shape index (κ2) is 7.87. The van der Waals surface area contributed by atoms with Crippen LogP contribution in [0.1, 0.15) is 23.7 Å². The zero-order chi connectivity index (χ0) is 13.4. The Labute approximate surface area is 112 Å². The second-order valence-corrected chi connectivity index (χ2v) is 5.04. The molecule has 0 unspecified atom stereocenters. The molecule has 0 spiro atoms. The van der Waals surface area contributed by atoms with Crippen LogP contribution in [0.2, 0.25) is 0 Å². The molecule has 0 aliphatic rings. The Morgan fingerprint density at radius 2 is 2.22 bits per heavy atom. The fraction of sp³-hybridized carbons (Fsp3) is 0.462. The van der Waals surface area contributed by atoms with E-state index in [1.807, 2.05) is 11.8 Å². The van der Waals surface area contributed by atoms with E-state index >= 15 is 0 Å². The summed E-state index contributed by atoms with van der Waals surface area (Å²) in [5.41, 5.74) is 6.54. The molecule has 100 valence electrons. The van der Waals surface area contributed by atoms with Crippen LogP contribution in [0.4, 0.5) is 5.69 Å². The number of methoxy groups -OCH3 is 1. The number of anilines is 1. The maximum Gasteiger partial charge on any atom is 0.341 e. The molecule has 18 heavy (non-hydrogen) atoms. The summed E-state index contributed by atoms with van der Waals surface area (Å²) in [7, 11) is 1.51. The van der Waals surface area contributed by atoms with Crippen molar-refractivity contribution in [3.63, 3.8) is 0 Å². The molecule has 0 aliphatic carbocycles. The Morgan fingerprint density at radius 1 is 1.44 bits per heavy atom. The smallest absolute Gasteiger partial charge is 0.341 e. The Kier molecular flexibility index (Phi) is 6.43. The number of benzene rings is 1. The highest BCUT2D eigenvalue weighted by Gasteiger charge is 2.13. The number of rotatable bonds is 7. The number of hydrogen-bond donors (Lipinski definition) is 1. The molecule has 1 aromatic carbocycles. The summed E-state index contributed by atoms with van der Waals surface area (Å²) in [4.78, 5) is 11.8. The maximum atomic E-state index is 11.8. The van der Waals surface area contributed by atoms with Gasteiger partial charge in [-0.3, -0.25) is 0 Å². The van der Waals surface area contributed by atoms with Gasteiger partial charge >= 0.3 is 5.97 Å². The zero-order valence-electron chi connectivity index (χ0n) is 10.8. The molecule has 2 N–H and O–H groups in total. The van der Waals surface area contributed by atoms with Gasteiger partial charge in [-0.15, -0.1) is 0 Å². The van der Waals surface area contributed by atoms with Gasteiger partial charge in [-0.25, -0.2) is 4.79 Å². The quantitative estimate of drug-likeness (QED) is 0.468. The SMILES string of the molecule is CCSCCCOC(=O)c1cc(N)ccc1OC. The molecular formula is C13H19NO3S. The van der Waals surface area contributed by atoms with Gasteiger partial charge in [-0.05, 0) is 36.1 Å². The van der Waals surface area contributed by atoms with E-state index in [1.165, 1.54) is 7.11 Å². The van der Waals surface area contributed by atoms with Gasteiger partial charge in [0.25, 0.3) is 0 Å². The van der Waals surface area contributed by atoms with Crippen LogP contribution >= 0.6 is 11.8 Å². The summed E-state index contributed by atoms with van der Waals surface area (Å²) in [5.74, 6) is 2.17. The summed E-state index contributed by atoms with van der Waals surface area (Å²) >= 11 is 1.83. The number of nitrogen functional groups attached to an aromatic ring is 1. The number of ether oxygens (including phenoxy) is 2. The molecule has 0 atom stereocenters. The molecule has 0 radical (unpaired) electrons. The minimum Gasteiger partial charge on any atom is -0.496 e. The van der Waals surface area contributed by atoms with Crippen LogP contribution in [0, 0.1) is 0 Å². The molecule has 0 fully saturated rings. The monoisotopic (exact) mass is 269 g/mol. The van der Waals surface area contributed by atoms with Gasteiger partial charge in [0.2, 0.25) is 0 Å². The van der Waals surface area contributed by atoms with Crippen molar-refractivity contribution in [2.75, 3.05) is 31.0 Å². The molecule has 0 heterocycles. The molecule has 1 rings (SSSR count). The largest absolute Gasteiger partial charge is 0.496 e. The lowest BCUT2D eigenvalue weighted by Gasteiger charge is -2.09. The summed E-state index contributed by atoms with van der Waals surface area (Å²) in [6.07, 6.45) is 0.856. The first-order chi connectivity index (χ1) is 8.69. The number of thioether (sulfide) groups is 1. The Balaban J connectivity index is 2.52. The predicted octanol–water partition coefficient (Wildman–Crippen LogP) is 2.58. The Bertz CT molecular complexity index is 396. The van der Waals surface area contributed by atoms with Crippen molar-refractivity contribution in [3.8, 4) is 5.75 Å². The third-order valence-electron chi connectivity index (χ3n) is 2.31. The Hall–Kier alpha value is -1.36. The zero-order valence-corrected chi connectivity index (χ0v) is 11.6. The van der Waals surface area contributed by atoms with Crippen LogP contribution in [0.5, 0.6) is 5.75 Å². The minimum absolute atomic E-state index is 0.376. The van der Waals surface area contributed by atoms with Crippen LogP contribution in [0.25, 0.3) is 0 Å². The first-order valence-corrected chi connectivity index (χ1v) is 7.03. The molecular weight excluding hydrogens is 250 g/mol. The van der Waals surface area contributed by atoms with Crippen LogP contribution in [0.15, 0.2) is 18.2 Å². The maximum absolute atomic E-state index is 11.8. The third-order valence-corrected chi connectivity index (χ3v) is 3.30. The van der Waals surface area contributed by atoms with Crippen LogP contribution < -0.4 is 10.5 Å². The van der Waals surface area contributed by atoms with E-state index in [1.54, 1.807) is 18.2 Å². The highest BCUT2D eigenvalue weighted by atomic mass is 32.2. The van der Waals surface area contributed by atoms with Gasteiger partial charge in [0.15, 0.2) is 0 Å². The number of nitrogens with two attached hydrogens (primary N) is 1. The van der Waals surface area contributed by atoms with Gasteiger partial charge in [0.1, 0.15) is 11.3 Å². The molecule has 0 amide bonds. The summed E-state index contributed by atoms with van der Waals surface area (Å²) in [6, 6.07) is 4.92. The van der Waals surface area contributed by atoms with E-state index < -0.39 is 0 Å². The first-order valence-electron chi connectivity index (χ1n) is 5.87. The fourth-order valence-electron chi connectivity index (χ4n) is 1.43. The van der Waals surface area contributed by atoms with E-state index in [0.29, 0.717) is 23.6 Å². The molecule has 0 saturated carbocycles. The van der Waals surface area contributed by atoms with E-state index in [0.717, 1.165) is 17.9 Å². The summed E-state index contributed by atoms with van der Waals surface area (Å²) in [6.45, 7) is 2.53. The molecule has 0 bridgehead atoms. The van der Waals surface area contributed by atoms with Crippen LogP contribution in [0.3, 0.4) is 0 Å². The lowest BCUT2D eigenvalue weighted by molar-refractivity contribution is 0.0503. The number of carbonyl (C=O) groups is 1. The van der Waals surface area contributed by atoms with Crippen molar-refractivity contribution in [1.29, 1.82) is 0 Å². The molecule has 4 nitrogen and oxygen atoms in total. The first kappa shape index (κ1) is 14.7.